The number of rotatable bonds is 7. The van der Waals surface area contributed by atoms with E-state index in [-0.39, 0.29) is 0 Å². The molecule has 0 amide bonds. The zero-order chi connectivity index (χ0) is 14.2. The molecule has 1 fully saturated rings. The maximum atomic E-state index is 5.40. The van der Waals surface area contributed by atoms with Crippen molar-refractivity contribution in [2.75, 3.05) is 19.6 Å². The van der Waals surface area contributed by atoms with Gasteiger partial charge in [0.15, 0.2) is 0 Å². The summed E-state index contributed by atoms with van der Waals surface area (Å²) >= 11 is 0. The Morgan fingerprint density at radius 2 is 2.30 bits per heavy atom. The minimum Gasteiger partial charge on any atom is -0.469 e. The van der Waals surface area contributed by atoms with Gasteiger partial charge in [0.1, 0.15) is 5.76 Å². The first-order chi connectivity index (χ1) is 9.78. The molecule has 1 N–H and O–H groups in total. The summed E-state index contributed by atoms with van der Waals surface area (Å²) in [4.78, 5) is 2.62. The molecule has 1 aliphatic rings. The maximum Gasteiger partial charge on any atom is 0.103 e. The molecule has 20 heavy (non-hydrogen) atoms. The molecule has 1 saturated heterocycles. The Bertz CT molecular complexity index is 350. The lowest BCUT2D eigenvalue weighted by atomic mass is 10.1. The van der Waals surface area contributed by atoms with Gasteiger partial charge in [-0.1, -0.05) is 6.92 Å². The molecule has 1 aliphatic heterocycles. The van der Waals surface area contributed by atoms with Crippen molar-refractivity contribution in [2.45, 2.75) is 64.5 Å². The second-order valence-electron chi connectivity index (χ2n) is 6.16. The van der Waals surface area contributed by atoms with E-state index in [9.17, 15) is 0 Å². The molecule has 3 nitrogen and oxygen atoms in total. The quantitative estimate of drug-likeness (QED) is 0.828. The van der Waals surface area contributed by atoms with E-state index in [4.69, 9.17) is 4.42 Å². The standard InChI is InChI=1S/C17H30N2O/c1-3-11-19-12-4-6-16(10-13-19)18-15(2)8-9-17-7-5-14-20-17/h5,7,14-16,18H,3-4,6,8-13H2,1-2H3. The molecule has 1 aromatic heterocycles. The van der Waals surface area contributed by atoms with E-state index in [2.05, 4.69) is 30.1 Å². The lowest BCUT2D eigenvalue weighted by Gasteiger charge is -2.22. The van der Waals surface area contributed by atoms with Crippen molar-refractivity contribution in [1.29, 1.82) is 0 Å². The summed E-state index contributed by atoms with van der Waals surface area (Å²) in [6, 6.07) is 5.31. The second kappa shape index (κ2) is 8.48. The van der Waals surface area contributed by atoms with Gasteiger partial charge in [0.2, 0.25) is 0 Å². The Hall–Kier alpha value is -0.800. The van der Waals surface area contributed by atoms with Gasteiger partial charge < -0.3 is 14.6 Å². The zero-order valence-corrected chi connectivity index (χ0v) is 13.1. The highest BCUT2D eigenvalue weighted by Crippen LogP contribution is 2.13. The summed E-state index contributed by atoms with van der Waals surface area (Å²) in [5.74, 6) is 1.11. The molecule has 114 valence electrons. The Morgan fingerprint density at radius 1 is 1.40 bits per heavy atom. The predicted octanol–water partition coefficient (Wildman–Crippen LogP) is 3.45. The first kappa shape index (κ1) is 15.6. The summed E-state index contributed by atoms with van der Waals surface area (Å²) in [5, 5.41) is 3.82. The van der Waals surface area contributed by atoms with E-state index < -0.39 is 0 Å². The molecule has 1 aromatic rings. The molecule has 2 atom stereocenters. The number of nitrogens with zero attached hydrogens (tertiary/aromatic N) is 1. The average molecular weight is 278 g/mol. The Kier molecular flexibility index (Phi) is 6.61. The van der Waals surface area contributed by atoms with Crippen molar-refractivity contribution < 1.29 is 4.42 Å². The number of hydrogen-bond donors (Lipinski definition) is 1. The normalized spacial score (nSPS) is 22.6. The molecule has 3 heteroatoms. The van der Waals surface area contributed by atoms with Crippen LogP contribution in [0.2, 0.25) is 0 Å². The monoisotopic (exact) mass is 278 g/mol. The molecule has 0 radical (unpaired) electrons. The van der Waals surface area contributed by atoms with Gasteiger partial charge in [0.05, 0.1) is 6.26 Å². The average Bonchev–Trinajstić information content (AvgIpc) is 2.86. The van der Waals surface area contributed by atoms with E-state index in [1.54, 1.807) is 6.26 Å². The molecule has 2 rings (SSSR count). The van der Waals surface area contributed by atoms with Gasteiger partial charge in [0, 0.05) is 18.5 Å². The molecule has 0 bridgehead atoms. The van der Waals surface area contributed by atoms with Gasteiger partial charge in [-0.25, -0.2) is 0 Å². The van der Waals surface area contributed by atoms with Gasteiger partial charge >= 0.3 is 0 Å². The van der Waals surface area contributed by atoms with Crippen LogP contribution in [-0.2, 0) is 6.42 Å². The van der Waals surface area contributed by atoms with Crippen LogP contribution < -0.4 is 5.32 Å². The van der Waals surface area contributed by atoms with Gasteiger partial charge in [-0.15, -0.1) is 0 Å². The molecular formula is C17H30N2O. The van der Waals surface area contributed by atoms with E-state index in [1.807, 2.05) is 6.07 Å². The van der Waals surface area contributed by atoms with Crippen LogP contribution in [0.1, 0.15) is 51.7 Å². The zero-order valence-electron chi connectivity index (χ0n) is 13.1. The van der Waals surface area contributed by atoms with Crippen molar-refractivity contribution in [3.8, 4) is 0 Å². The van der Waals surface area contributed by atoms with Gasteiger partial charge in [-0.2, -0.15) is 0 Å². The van der Waals surface area contributed by atoms with Crippen LogP contribution in [0.25, 0.3) is 0 Å². The summed E-state index contributed by atoms with van der Waals surface area (Å²) in [7, 11) is 0. The molecule has 0 aliphatic carbocycles. The van der Waals surface area contributed by atoms with E-state index in [0.717, 1.165) is 18.6 Å². The number of likely N-dealkylation sites (tertiary alicyclic amines) is 1. The largest absolute Gasteiger partial charge is 0.469 e. The Morgan fingerprint density at radius 3 is 3.05 bits per heavy atom. The fraction of sp³-hybridized carbons (Fsp3) is 0.765. The summed E-state index contributed by atoms with van der Waals surface area (Å²) in [6.07, 6.45) is 9.19. The number of nitrogens with one attached hydrogen (secondary N) is 1. The van der Waals surface area contributed by atoms with Crippen LogP contribution in [0.15, 0.2) is 22.8 Å². The molecule has 0 spiro atoms. The van der Waals surface area contributed by atoms with Crippen molar-refractivity contribution in [2.24, 2.45) is 0 Å². The van der Waals surface area contributed by atoms with Gasteiger partial charge in [-0.05, 0) is 70.8 Å². The minimum atomic E-state index is 0.572. The van der Waals surface area contributed by atoms with Crippen molar-refractivity contribution in [1.82, 2.24) is 10.2 Å². The first-order valence-corrected chi connectivity index (χ1v) is 8.28. The third kappa shape index (κ3) is 5.29. The van der Waals surface area contributed by atoms with Crippen LogP contribution in [0, 0.1) is 0 Å². The molecule has 2 unspecified atom stereocenters. The van der Waals surface area contributed by atoms with Crippen molar-refractivity contribution in [3.05, 3.63) is 24.2 Å². The van der Waals surface area contributed by atoms with E-state index in [0.29, 0.717) is 12.1 Å². The predicted molar refractivity (Wildman–Crippen MR) is 84.0 cm³/mol. The minimum absolute atomic E-state index is 0.572. The molecule has 0 saturated carbocycles. The van der Waals surface area contributed by atoms with Gasteiger partial charge in [0.25, 0.3) is 0 Å². The lowest BCUT2D eigenvalue weighted by Crippen LogP contribution is -2.37. The fourth-order valence-electron chi connectivity index (χ4n) is 3.16. The Balaban J connectivity index is 1.67. The highest BCUT2D eigenvalue weighted by Gasteiger charge is 2.17. The molecule has 0 aromatic carbocycles. The lowest BCUT2D eigenvalue weighted by molar-refractivity contribution is 0.281. The smallest absolute Gasteiger partial charge is 0.103 e. The van der Waals surface area contributed by atoms with Crippen LogP contribution in [0.4, 0.5) is 0 Å². The third-order valence-corrected chi connectivity index (χ3v) is 4.28. The number of furan rings is 1. The first-order valence-electron chi connectivity index (χ1n) is 8.28. The highest BCUT2D eigenvalue weighted by atomic mass is 16.3. The van der Waals surface area contributed by atoms with Gasteiger partial charge in [-0.3, -0.25) is 0 Å². The Labute approximate surface area is 123 Å². The number of hydrogen-bond acceptors (Lipinski definition) is 3. The third-order valence-electron chi connectivity index (χ3n) is 4.28. The summed E-state index contributed by atoms with van der Waals surface area (Å²) < 4.78 is 5.40. The molecule has 2 heterocycles. The summed E-state index contributed by atoms with van der Waals surface area (Å²) in [5.41, 5.74) is 0. The highest BCUT2D eigenvalue weighted by molar-refractivity contribution is 4.98. The van der Waals surface area contributed by atoms with Crippen LogP contribution >= 0.6 is 0 Å². The van der Waals surface area contributed by atoms with Crippen LogP contribution in [-0.4, -0.2) is 36.6 Å². The SMILES string of the molecule is CCCN1CCCC(NC(C)CCc2ccco2)CC1. The van der Waals surface area contributed by atoms with Crippen LogP contribution in [0.3, 0.4) is 0 Å². The maximum absolute atomic E-state index is 5.40. The second-order valence-corrected chi connectivity index (χ2v) is 6.16. The molecular weight excluding hydrogens is 248 g/mol. The topological polar surface area (TPSA) is 28.4 Å². The van der Waals surface area contributed by atoms with Crippen molar-refractivity contribution >= 4 is 0 Å². The number of aryl methyl sites for hydroxylation is 1. The van der Waals surface area contributed by atoms with Crippen molar-refractivity contribution in [3.63, 3.8) is 0 Å². The fourth-order valence-corrected chi connectivity index (χ4v) is 3.16. The van der Waals surface area contributed by atoms with E-state index in [1.165, 1.54) is 45.3 Å². The van der Waals surface area contributed by atoms with Crippen LogP contribution in [0.5, 0.6) is 0 Å². The summed E-state index contributed by atoms with van der Waals surface area (Å²) in [6.45, 7) is 8.39. The van der Waals surface area contributed by atoms with E-state index >= 15 is 0 Å².